The minimum Gasteiger partial charge on any atom is -0.453 e. The quantitative estimate of drug-likeness (QED) is 0.117. The molecule has 0 bridgehead atoms. The molecule has 312 valence electrons. The van der Waals surface area contributed by atoms with E-state index in [2.05, 4.69) is 32.7 Å². The van der Waals surface area contributed by atoms with Crippen LogP contribution < -0.4 is 10.6 Å². The van der Waals surface area contributed by atoms with E-state index in [1.807, 2.05) is 46.2 Å². The van der Waals surface area contributed by atoms with Gasteiger partial charge in [0.2, 0.25) is 11.8 Å². The monoisotopic (exact) mass is 828 g/mol. The van der Waals surface area contributed by atoms with Gasteiger partial charge < -0.3 is 49.3 Å². The molecule has 0 radical (unpaired) electrons. The lowest BCUT2D eigenvalue weighted by atomic mass is 10.0. The molecule has 2 aromatic heterocycles. The van der Waals surface area contributed by atoms with Crippen LogP contribution in [0.25, 0.3) is 33.6 Å². The average molecular weight is 829 g/mol. The molecule has 0 spiro atoms. The molecule has 59 heavy (non-hydrogen) atoms. The van der Waals surface area contributed by atoms with Crippen molar-refractivity contribution < 1.29 is 38.1 Å². The number of carbonyl (C=O) groups excluding carboxylic acids is 4. The second kappa shape index (κ2) is 17.0. The number of alkyl carbamates (subject to hydrolysis) is 2. The molecular weight excluding hydrogens is 780 g/mol. The van der Waals surface area contributed by atoms with Gasteiger partial charge in [0.05, 0.1) is 38.2 Å². The number of hydrogen-bond acceptors (Lipinski definition) is 10. The number of amides is 4. The molecule has 4 fully saturated rings. The summed E-state index contributed by atoms with van der Waals surface area (Å²) in [5.41, 5.74) is 5.25. The fourth-order valence-corrected chi connectivity index (χ4v) is 9.07. The Hall–Kier alpha value is -5.45. The number of aromatic amines is 2. The number of carbonyl (C=O) groups is 4. The summed E-state index contributed by atoms with van der Waals surface area (Å²) >= 11 is 6.75. The molecule has 2 saturated heterocycles. The van der Waals surface area contributed by atoms with Crippen LogP contribution in [0.4, 0.5) is 9.59 Å². The zero-order chi connectivity index (χ0) is 41.4. The number of likely N-dealkylation sites (tertiary alicyclic amines) is 2. The molecule has 4 N–H and O–H groups in total. The highest BCUT2D eigenvalue weighted by Gasteiger charge is 2.57. The third kappa shape index (κ3) is 8.25. The predicted octanol–water partition coefficient (Wildman–Crippen LogP) is 5.63. The van der Waals surface area contributed by atoms with Gasteiger partial charge in [0.25, 0.3) is 0 Å². The molecule has 2 unspecified atom stereocenters. The lowest BCUT2D eigenvalue weighted by molar-refractivity contribution is -0.136. The van der Waals surface area contributed by atoms with Crippen LogP contribution in [0.1, 0.15) is 62.3 Å². The van der Waals surface area contributed by atoms with Gasteiger partial charge in [0, 0.05) is 57.9 Å². The molecule has 4 amide bonds. The number of rotatable bonds is 15. The fourth-order valence-electron chi connectivity index (χ4n) is 8.82. The molecule has 2 aliphatic heterocycles. The van der Waals surface area contributed by atoms with E-state index in [9.17, 15) is 19.2 Å². The van der Waals surface area contributed by atoms with Gasteiger partial charge in [0.1, 0.15) is 34.6 Å². The Morgan fingerprint density at radius 3 is 1.66 bits per heavy atom. The number of nitrogens with zero attached hydrogens (tertiary/aromatic N) is 4. The van der Waals surface area contributed by atoms with Crippen molar-refractivity contribution >= 4 is 35.6 Å². The van der Waals surface area contributed by atoms with Crippen molar-refractivity contribution in [1.82, 2.24) is 40.4 Å². The van der Waals surface area contributed by atoms with Crippen LogP contribution >= 0.6 is 11.6 Å². The van der Waals surface area contributed by atoms with E-state index < -0.39 is 24.3 Å². The number of fused-ring (bicyclic) bond motifs is 2. The highest BCUT2D eigenvalue weighted by Crippen LogP contribution is 2.54. The molecule has 4 aromatic rings. The van der Waals surface area contributed by atoms with Crippen LogP contribution in [0.3, 0.4) is 0 Å². The first-order valence-electron chi connectivity index (χ1n) is 19.9. The minimum atomic E-state index is -0.790. The number of halogens is 1. The first kappa shape index (κ1) is 40.3. The number of piperidine rings is 2. The van der Waals surface area contributed by atoms with Gasteiger partial charge in [-0.05, 0) is 54.2 Å². The summed E-state index contributed by atoms with van der Waals surface area (Å²) in [6, 6.07) is 14.3. The van der Waals surface area contributed by atoms with Crippen molar-refractivity contribution in [3.63, 3.8) is 0 Å². The number of aromatic nitrogens is 4. The Balaban J connectivity index is 0.938. The third-order valence-corrected chi connectivity index (χ3v) is 12.4. The van der Waals surface area contributed by atoms with E-state index in [0.29, 0.717) is 54.6 Å². The highest BCUT2D eigenvalue weighted by molar-refractivity contribution is 6.31. The summed E-state index contributed by atoms with van der Waals surface area (Å²) in [4.78, 5) is 71.8. The standard InChI is InChI=1S/C42H49ClN8O8/c1-56-15-13-28(46-41(54)58-3)39(52)50-31-17-26(31)19-33(50)37-44-21-30(45-37)24-9-5-22(6-10-24)23-7-11-25(12-8-23)35-36(43)49-38(48-35)34-20-27-18-32(27)51(34)40(53)29(14-16-57-2)47-42(55)59-4/h5-12,21,26-29,31-34H,13-20H2,1-4H3,(H,44,45)(H,46,54)(H,47,55)(H,48,49)/t26?,27?,28-,29-,31+,32+,33-,34-/m0/s1. The van der Waals surface area contributed by atoms with E-state index in [1.54, 1.807) is 20.4 Å². The van der Waals surface area contributed by atoms with Crippen molar-refractivity contribution in [3.05, 3.63) is 71.5 Å². The Labute approximate surface area is 346 Å². The molecule has 2 saturated carbocycles. The second-order valence-electron chi connectivity index (χ2n) is 15.7. The Morgan fingerprint density at radius 1 is 0.695 bits per heavy atom. The van der Waals surface area contributed by atoms with Gasteiger partial charge in [-0.25, -0.2) is 19.6 Å². The number of H-pyrrole nitrogens is 2. The first-order chi connectivity index (χ1) is 28.6. The molecular formula is C42H49ClN8O8. The molecule has 8 atom stereocenters. The summed E-state index contributed by atoms with van der Waals surface area (Å²) in [7, 11) is 5.66. The topological polar surface area (TPSA) is 193 Å². The van der Waals surface area contributed by atoms with Gasteiger partial charge >= 0.3 is 12.2 Å². The van der Waals surface area contributed by atoms with Crippen LogP contribution in [0.2, 0.25) is 5.15 Å². The number of nitrogens with one attached hydrogen (secondary N) is 4. The van der Waals surface area contributed by atoms with E-state index in [1.165, 1.54) is 14.2 Å². The van der Waals surface area contributed by atoms with Crippen molar-refractivity contribution in [2.24, 2.45) is 11.8 Å². The van der Waals surface area contributed by atoms with Crippen molar-refractivity contribution in [3.8, 4) is 33.6 Å². The number of methoxy groups -OCH3 is 4. The molecule has 2 aromatic carbocycles. The van der Waals surface area contributed by atoms with Gasteiger partial charge in [-0.2, -0.15) is 0 Å². The second-order valence-corrected chi connectivity index (χ2v) is 16.1. The molecule has 16 nitrogen and oxygen atoms in total. The van der Waals surface area contributed by atoms with Crippen LogP contribution in [0.5, 0.6) is 0 Å². The molecule has 2 aliphatic carbocycles. The van der Waals surface area contributed by atoms with Gasteiger partial charge in [0.15, 0.2) is 0 Å². The fraction of sp³-hybridized carbons (Fsp3) is 0.476. The smallest absolute Gasteiger partial charge is 0.407 e. The SMILES string of the molecule is COCC[C@H](NC(=O)OC)C(=O)N1[C@@H]2CC2C[C@H]1c1ncc(-c2ccc(-c3ccc(-c4nc([C@@H]5CC6C[C@H]6N5C(=O)[C@H](CCOC)NC(=O)OC)[nH]c4Cl)cc3)cc2)[nH]1. The largest absolute Gasteiger partial charge is 0.453 e. The zero-order valence-corrected chi connectivity index (χ0v) is 34.2. The Bertz CT molecular complexity index is 2180. The minimum absolute atomic E-state index is 0.0896. The maximum atomic E-state index is 13.8. The van der Waals surface area contributed by atoms with E-state index in [0.717, 1.165) is 59.5 Å². The number of benzene rings is 2. The Kier molecular flexibility index (Phi) is 11.6. The van der Waals surface area contributed by atoms with Crippen LogP contribution in [-0.2, 0) is 28.5 Å². The van der Waals surface area contributed by atoms with Crippen molar-refractivity contribution in [2.45, 2.75) is 74.8 Å². The van der Waals surface area contributed by atoms with Gasteiger partial charge in [-0.3, -0.25) is 9.59 Å². The van der Waals surface area contributed by atoms with Crippen molar-refractivity contribution in [2.75, 3.05) is 41.7 Å². The highest BCUT2D eigenvalue weighted by atomic mass is 35.5. The summed E-state index contributed by atoms with van der Waals surface area (Å²) in [5, 5.41) is 5.74. The summed E-state index contributed by atoms with van der Waals surface area (Å²) in [6.07, 6.45) is 4.55. The van der Waals surface area contributed by atoms with Crippen LogP contribution in [0, 0.1) is 11.8 Å². The number of hydrogen-bond donors (Lipinski definition) is 4. The molecule has 17 heteroatoms. The molecule has 8 rings (SSSR count). The predicted molar refractivity (Wildman–Crippen MR) is 216 cm³/mol. The normalized spacial score (nSPS) is 23.5. The number of imidazole rings is 2. The van der Waals surface area contributed by atoms with Crippen LogP contribution in [0.15, 0.2) is 54.7 Å². The molecule has 4 heterocycles. The zero-order valence-electron chi connectivity index (χ0n) is 33.4. The van der Waals surface area contributed by atoms with E-state index in [4.69, 9.17) is 40.5 Å². The lowest BCUT2D eigenvalue weighted by Gasteiger charge is -2.30. The summed E-state index contributed by atoms with van der Waals surface area (Å²) in [6.45, 7) is 0.621. The van der Waals surface area contributed by atoms with Crippen LogP contribution in [-0.4, -0.2) is 120 Å². The van der Waals surface area contributed by atoms with Crippen molar-refractivity contribution in [1.29, 1.82) is 0 Å². The molecule has 4 aliphatic rings. The van der Waals surface area contributed by atoms with Gasteiger partial charge in [-0.1, -0.05) is 60.1 Å². The number of ether oxygens (including phenoxy) is 4. The van der Waals surface area contributed by atoms with E-state index >= 15 is 0 Å². The lowest BCUT2D eigenvalue weighted by Crippen LogP contribution is -2.50. The maximum Gasteiger partial charge on any atom is 0.407 e. The summed E-state index contributed by atoms with van der Waals surface area (Å²) < 4.78 is 20.0. The first-order valence-corrected chi connectivity index (χ1v) is 20.3. The Morgan fingerprint density at radius 2 is 1.17 bits per heavy atom. The maximum absolute atomic E-state index is 13.8. The summed E-state index contributed by atoms with van der Waals surface area (Å²) in [5.74, 6) is 1.77. The van der Waals surface area contributed by atoms with Gasteiger partial charge in [-0.15, -0.1) is 0 Å². The average Bonchev–Trinajstić information content (AvgIpc) is 3.90. The third-order valence-electron chi connectivity index (χ3n) is 12.1. The van der Waals surface area contributed by atoms with E-state index in [-0.39, 0.29) is 36.0 Å².